The van der Waals surface area contributed by atoms with Crippen LogP contribution in [-0.2, 0) is 18.1 Å². The molecule has 5 N–H and O–H groups in total. The van der Waals surface area contributed by atoms with E-state index in [1.54, 1.807) is 0 Å². The topological polar surface area (TPSA) is 127 Å². The van der Waals surface area contributed by atoms with E-state index in [1.165, 1.54) is 0 Å². The van der Waals surface area contributed by atoms with E-state index >= 15 is 0 Å². The third-order valence-electron chi connectivity index (χ3n) is 3.45. The number of nitrogens with one attached hydrogen (secondary N) is 1. The van der Waals surface area contributed by atoms with Gasteiger partial charge in [-0.1, -0.05) is 0 Å². The highest BCUT2D eigenvalue weighted by Gasteiger charge is 2.38. The number of amidine groups is 1. The highest BCUT2D eigenvalue weighted by atomic mass is 19.4. The zero-order valence-corrected chi connectivity index (χ0v) is 13.5. The van der Waals surface area contributed by atoms with Crippen LogP contribution in [0.2, 0.25) is 0 Å². The summed E-state index contributed by atoms with van der Waals surface area (Å²) >= 11 is 0. The van der Waals surface area contributed by atoms with Gasteiger partial charge in [0.1, 0.15) is 11.4 Å². The van der Waals surface area contributed by atoms with Gasteiger partial charge >= 0.3 is 12.4 Å². The summed E-state index contributed by atoms with van der Waals surface area (Å²) in [5.74, 6) is -3.48. The molecule has 0 aliphatic carbocycles. The highest BCUT2D eigenvalue weighted by molar-refractivity contribution is 6.07. The van der Waals surface area contributed by atoms with E-state index in [9.17, 15) is 26.3 Å². The number of aliphatic imine (C=N–C) groups is 2. The van der Waals surface area contributed by atoms with Gasteiger partial charge in [0.25, 0.3) is 0 Å². The van der Waals surface area contributed by atoms with Crippen molar-refractivity contribution in [2.45, 2.75) is 18.1 Å². The zero-order chi connectivity index (χ0) is 20.7. The van der Waals surface area contributed by atoms with Gasteiger partial charge in [-0.15, -0.1) is 0 Å². The predicted molar refractivity (Wildman–Crippen MR) is 83.4 cm³/mol. The molecule has 0 fully saturated rings. The van der Waals surface area contributed by atoms with Gasteiger partial charge in [0.2, 0.25) is 5.79 Å². The van der Waals surface area contributed by atoms with E-state index in [1.807, 2.05) is 0 Å². The minimum absolute atomic E-state index is 0.247. The number of hydrogen-bond acceptors (Lipinski definition) is 8. The van der Waals surface area contributed by atoms with Crippen LogP contribution in [0.1, 0.15) is 22.8 Å². The molecule has 1 unspecified atom stereocenters. The van der Waals surface area contributed by atoms with E-state index in [2.05, 4.69) is 30.3 Å². The maximum atomic E-state index is 12.9. The summed E-state index contributed by atoms with van der Waals surface area (Å²) in [5, 5.41) is 2.35. The smallest absolute Gasteiger partial charge is 0.370 e. The summed E-state index contributed by atoms with van der Waals surface area (Å²) in [7, 11) is 0. The van der Waals surface area contributed by atoms with Crippen LogP contribution in [-0.4, -0.2) is 26.7 Å². The molecule has 28 heavy (non-hydrogen) atoms. The first kappa shape index (κ1) is 19.5. The maximum Gasteiger partial charge on any atom is 0.433 e. The summed E-state index contributed by atoms with van der Waals surface area (Å²) in [5.41, 5.74) is 8.79. The van der Waals surface area contributed by atoms with Crippen LogP contribution in [0.5, 0.6) is 0 Å². The van der Waals surface area contributed by atoms with Crippen molar-refractivity contribution in [3.8, 4) is 0 Å². The Kier molecular flexibility index (Phi) is 4.45. The molecule has 3 heterocycles. The van der Waals surface area contributed by atoms with Gasteiger partial charge in [-0.3, -0.25) is 10.7 Å². The molecular weight excluding hydrogens is 394 g/mol. The highest BCUT2D eigenvalue weighted by Crippen LogP contribution is 2.32. The molecule has 2 aromatic heterocycles. The lowest BCUT2D eigenvalue weighted by Crippen LogP contribution is -2.49. The van der Waals surface area contributed by atoms with E-state index in [4.69, 9.17) is 11.5 Å². The molecular formula is C14H10F6N8. The quantitative estimate of drug-likeness (QED) is 0.649. The van der Waals surface area contributed by atoms with Crippen molar-refractivity contribution >= 4 is 11.8 Å². The SMILES string of the molecule is NC1=NC(N)(c2ccnc(C(F)(F)F)c2)N=C(c2nccc(C(F)(F)F)n2)N1. The maximum absolute atomic E-state index is 12.9. The number of halogens is 6. The fraction of sp³-hybridized carbons (Fsp3) is 0.214. The Morgan fingerprint density at radius 2 is 1.54 bits per heavy atom. The number of pyridine rings is 1. The molecule has 3 rings (SSSR count). The minimum atomic E-state index is -4.76. The molecule has 1 atom stereocenters. The first-order valence-electron chi connectivity index (χ1n) is 7.34. The normalized spacial score (nSPS) is 20.2. The first-order valence-corrected chi connectivity index (χ1v) is 7.34. The number of guanidine groups is 1. The molecule has 0 aromatic carbocycles. The van der Waals surface area contributed by atoms with Gasteiger partial charge < -0.3 is 11.1 Å². The molecule has 1 aliphatic rings. The Balaban J connectivity index is 2.08. The first-order chi connectivity index (χ1) is 12.9. The molecule has 148 valence electrons. The second-order valence-electron chi connectivity index (χ2n) is 5.50. The number of nitrogens with two attached hydrogens (primary N) is 2. The van der Waals surface area contributed by atoms with Gasteiger partial charge in [0.15, 0.2) is 17.6 Å². The molecule has 1 aliphatic heterocycles. The molecule has 0 radical (unpaired) electrons. The van der Waals surface area contributed by atoms with Gasteiger partial charge in [0, 0.05) is 18.0 Å². The van der Waals surface area contributed by atoms with E-state index in [-0.39, 0.29) is 5.56 Å². The van der Waals surface area contributed by atoms with Crippen molar-refractivity contribution in [3.63, 3.8) is 0 Å². The molecule has 0 spiro atoms. The lowest BCUT2D eigenvalue weighted by molar-refractivity contribution is -0.142. The Morgan fingerprint density at radius 3 is 2.18 bits per heavy atom. The average molecular weight is 404 g/mol. The molecule has 0 saturated carbocycles. The Labute approximate surface area is 152 Å². The standard InChI is InChI=1S/C14H10F6N8/c15-12(16,17)7-2-4-24-9(25-7)10-26-11(21)28-14(22,27-10)6-1-3-23-8(5-6)13(18,19)20/h1-5H,22H2,(H3,21,26,27,28). The van der Waals surface area contributed by atoms with Crippen molar-refractivity contribution in [1.82, 2.24) is 20.3 Å². The second kappa shape index (κ2) is 6.40. The van der Waals surface area contributed by atoms with Gasteiger partial charge in [0.05, 0.1) is 0 Å². The van der Waals surface area contributed by atoms with Crippen molar-refractivity contribution in [3.05, 3.63) is 53.4 Å². The van der Waals surface area contributed by atoms with Crippen molar-refractivity contribution in [2.75, 3.05) is 0 Å². The Bertz CT molecular complexity index is 967. The van der Waals surface area contributed by atoms with Crippen LogP contribution in [0.15, 0.2) is 40.6 Å². The van der Waals surface area contributed by atoms with E-state index in [0.29, 0.717) is 12.1 Å². The van der Waals surface area contributed by atoms with Crippen molar-refractivity contribution in [2.24, 2.45) is 21.5 Å². The number of alkyl halides is 6. The van der Waals surface area contributed by atoms with Crippen molar-refractivity contribution in [1.29, 1.82) is 0 Å². The lowest BCUT2D eigenvalue weighted by atomic mass is 10.1. The number of rotatable bonds is 2. The fourth-order valence-corrected chi connectivity index (χ4v) is 2.24. The zero-order valence-electron chi connectivity index (χ0n) is 13.5. The summed E-state index contributed by atoms with van der Waals surface area (Å²) in [6, 6.07) is 2.36. The van der Waals surface area contributed by atoms with Crippen LogP contribution in [0, 0.1) is 0 Å². The van der Waals surface area contributed by atoms with Gasteiger partial charge in [-0.05, 0) is 18.2 Å². The van der Waals surface area contributed by atoms with E-state index in [0.717, 1.165) is 18.5 Å². The van der Waals surface area contributed by atoms with Crippen molar-refractivity contribution < 1.29 is 26.3 Å². The number of nitrogens with zero attached hydrogens (tertiary/aromatic N) is 5. The summed E-state index contributed by atoms with van der Waals surface area (Å²) in [6.45, 7) is 0. The molecule has 0 saturated heterocycles. The molecule has 0 bridgehead atoms. The monoisotopic (exact) mass is 404 g/mol. The Hall–Kier alpha value is -3.29. The van der Waals surface area contributed by atoms with Crippen LogP contribution in [0.4, 0.5) is 26.3 Å². The summed E-state index contributed by atoms with van der Waals surface area (Å²) in [4.78, 5) is 17.8. The van der Waals surface area contributed by atoms with E-state index < -0.39 is 47.1 Å². The van der Waals surface area contributed by atoms with Gasteiger partial charge in [-0.2, -0.15) is 26.3 Å². The lowest BCUT2D eigenvalue weighted by Gasteiger charge is -2.27. The minimum Gasteiger partial charge on any atom is -0.370 e. The predicted octanol–water partition coefficient (Wildman–Crippen LogP) is 1.34. The summed E-state index contributed by atoms with van der Waals surface area (Å²) in [6.07, 6.45) is -7.83. The van der Waals surface area contributed by atoms with Crippen LogP contribution in [0.25, 0.3) is 0 Å². The molecule has 2 aromatic rings. The number of aromatic nitrogens is 3. The van der Waals surface area contributed by atoms with Gasteiger partial charge in [-0.25, -0.2) is 20.0 Å². The molecule has 8 nitrogen and oxygen atoms in total. The average Bonchev–Trinajstić information content (AvgIpc) is 2.60. The molecule has 0 amide bonds. The van der Waals surface area contributed by atoms with Crippen LogP contribution in [0.3, 0.4) is 0 Å². The third-order valence-corrected chi connectivity index (χ3v) is 3.45. The largest absolute Gasteiger partial charge is 0.433 e. The molecule has 14 heteroatoms. The third kappa shape index (κ3) is 3.85. The van der Waals surface area contributed by atoms with Crippen LogP contribution < -0.4 is 16.8 Å². The second-order valence-corrected chi connectivity index (χ2v) is 5.50. The summed E-state index contributed by atoms with van der Waals surface area (Å²) < 4.78 is 77.2. The Morgan fingerprint density at radius 1 is 0.893 bits per heavy atom. The number of hydrogen-bond donors (Lipinski definition) is 3. The fourth-order valence-electron chi connectivity index (χ4n) is 2.24. The van der Waals surface area contributed by atoms with Crippen LogP contribution >= 0.6 is 0 Å².